The minimum atomic E-state index is -0.415. The van der Waals surface area contributed by atoms with Crippen LogP contribution in [-0.2, 0) is 9.53 Å². The first kappa shape index (κ1) is 14.5. The lowest BCUT2D eigenvalue weighted by Crippen LogP contribution is -2.19. The Morgan fingerprint density at radius 1 is 1.33 bits per heavy atom. The van der Waals surface area contributed by atoms with Gasteiger partial charge in [0.15, 0.2) is 5.78 Å². The van der Waals surface area contributed by atoms with Crippen molar-refractivity contribution in [3.05, 3.63) is 46.1 Å². The Morgan fingerprint density at radius 3 is 2.67 bits per heavy atom. The van der Waals surface area contributed by atoms with Gasteiger partial charge in [0.2, 0.25) is 0 Å². The Balaban J connectivity index is 2.57. The normalized spacial score (nSPS) is 10.4. The van der Waals surface area contributed by atoms with E-state index in [4.69, 9.17) is 23.2 Å². The number of rotatable bonds is 5. The third-order valence-corrected chi connectivity index (χ3v) is 2.77. The molecule has 0 spiro atoms. The number of methoxy groups -OCH3 is 1. The summed E-state index contributed by atoms with van der Waals surface area (Å²) in [6, 6.07) is 4.60. The standard InChI is InChI=1S/C12H11Cl2NO3/c1-18-12(17)7-15-5-4-11(16)8-2-3-9(13)10(14)6-8/h2-6,15H,7H2,1H3. The molecule has 6 heteroatoms. The number of hydrogen-bond donors (Lipinski definition) is 1. The Bertz CT molecular complexity index is 486. The molecule has 1 rings (SSSR count). The fourth-order valence-electron chi connectivity index (χ4n) is 1.09. The molecule has 96 valence electrons. The average molecular weight is 288 g/mol. The minimum Gasteiger partial charge on any atom is -0.468 e. The van der Waals surface area contributed by atoms with Crippen molar-refractivity contribution in [3.8, 4) is 0 Å². The van der Waals surface area contributed by atoms with Crippen LogP contribution in [0.4, 0.5) is 0 Å². The molecule has 0 aromatic heterocycles. The number of halogens is 2. The van der Waals surface area contributed by atoms with E-state index in [1.54, 1.807) is 12.1 Å². The van der Waals surface area contributed by atoms with Crippen molar-refractivity contribution < 1.29 is 14.3 Å². The van der Waals surface area contributed by atoms with Gasteiger partial charge in [0.05, 0.1) is 17.2 Å². The topological polar surface area (TPSA) is 55.4 Å². The molecule has 0 aliphatic heterocycles. The van der Waals surface area contributed by atoms with Crippen LogP contribution < -0.4 is 5.32 Å². The first-order chi connectivity index (χ1) is 8.54. The van der Waals surface area contributed by atoms with Crippen molar-refractivity contribution in [2.45, 2.75) is 0 Å². The second-order valence-corrected chi connectivity index (χ2v) is 4.10. The van der Waals surface area contributed by atoms with E-state index in [2.05, 4.69) is 10.1 Å². The van der Waals surface area contributed by atoms with E-state index in [-0.39, 0.29) is 12.3 Å². The number of nitrogens with one attached hydrogen (secondary N) is 1. The number of esters is 1. The number of ether oxygens (including phenoxy) is 1. The maximum atomic E-state index is 11.7. The molecule has 0 unspecified atom stereocenters. The zero-order chi connectivity index (χ0) is 13.5. The summed E-state index contributed by atoms with van der Waals surface area (Å²) >= 11 is 11.5. The zero-order valence-electron chi connectivity index (χ0n) is 9.57. The largest absolute Gasteiger partial charge is 0.468 e. The smallest absolute Gasteiger partial charge is 0.325 e. The SMILES string of the molecule is COC(=O)CNC=CC(=O)c1ccc(Cl)c(Cl)c1. The summed E-state index contributed by atoms with van der Waals surface area (Å²) in [7, 11) is 1.29. The molecule has 18 heavy (non-hydrogen) atoms. The Morgan fingerprint density at radius 2 is 2.06 bits per heavy atom. The van der Waals surface area contributed by atoms with E-state index in [0.717, 1.165) is 0 Å². The maximum absolute atomic E-state index is 11.7. The summed E-state index contributed by atoms with van der Waals surface area (Å²) in [6.45, 7) is 0.00164. The molecule has 0 saturated heterocycles. The molecule has 0 fully saturated rings. The van der Waals surface area contributed by atoms with Gasteiger partial charge < -0.3 is 10.1 Å². The van der Waals surface area contributed by atoms with Gasteiger partial charge in [0, 0.05) is 17.8 Å². The van der Waals surface area contributed by atoms with Crippen LogP contribution in [0, 0.1) is 0 Å². The summed E-state index contributed by atoms with van der Waals surface area (Å²) in [5, 5.41) is 3.34. The third-order valence-electron chi connectivity index (χ3n) is 2.03. The molecular formula is C12H11Cl2NO3. The molecule has 1 aromatic rings. The van der Waals surface area contributed by atoms with Crippen LogP contribution >= 0.6 is 23.2 Å². The summed E-state index contributed by atoms with van der Waals surface area (Å²) in [6.07, 6.45) is 2.67. The van der Waals surface area contributed by atoms with Crippen LogP contribution in [0.5, 0.6) is 0 Å². The fourth-order valence-corrected chi connectivity index (χ4v) is 1.39. The number of allylic oxidation sites excluding steroid dienone is 1. The Hall–Kier alpha value is -1.52. The predicted molar refractivity (Wildman–Crippen MR) is 70.0 cm³/mol. The van der Waals surface area contributed by atoms with Gasteiger partial charge in [-0.05, 0) is 18.2 Å². The van der Waals surface area contributed by atoms with Crippen LogP contribution in [-0.4, -0.2) is 25.4 Å². The highest BCUT2D eigenvalue weighted by Crippen LogP contribution is 2.22. The number of carbonyl (C=O) groups is 2. The summed E-state index contributed by atoms with van der Waals surface area (Å²) in [5.41, 5.74) is 0.417. The molecule has 1 aromatic carbocycles. The van der Waals surface area contributed by atoms with Crippen molar-refractivity contribution in [1.29, 1.82) is 0 Å². The molecule has 0 radical (unpaired) electrons. The monoisotopic (exact) mass is 287 g/mol. The molecule has 0 amide bonds. The van der Waals surface area contributed by atoms with E-state index in [0.29, 0.717) is 15.6 Å². The van der Waals surface area contributed by atoms with Crippen molar-refractivity contribution in [2.75, 3.05) is 13.7 Å². The lowest BCUT2D eigenvalue weighted by molar-refractivity contribution is -0.139. The average Bonchev–Trinajstić information content (AvgIpc) is 2.37. The van der Waals surface area contributed by atoms with Crippen LogP contribution in [0.15, 0.2) is 30.5 Å². The molecule has 0 bridgehead atoms. The van der Waals surface area contributed by atoms with E-state index >= 15 is 0 Å². The maximum Gasteiger partial charge on any atom is 0.325 e. The molecule has 4 nitrogen and oxygen atoms in total. The second-order valence-electron chi connectivity index (χ2n) is 3.28. The Labute approximate surface area is 115 Å². The molecule has 0 heterocycles. The quantitative estimate of drug-likeness (QED) is 0.513. The molecule has 0 saturated carbocycles. The van der Waals surface area contributed by atoms with E-state index in [9.17, 15) is 9.59 Å². The lowest BCUT2D eigenvalue weighted by atomic mass is 10.1. The molecule has 0 atom stereocenters. The van der Waals surface area contributed by atoms with E-state index < -0.39 is 5.97 Å². The Kier molecular flexibility index (Phi) is 5.68. The summed E-state index contributed by atoms with van der Waals surface area (Å²) in [5.74, 6) is -0.660. The third kappa shape index (κ3) is 4.39. The lowest BCUT2D eigenvalue weighted by Gasteiger charge is -2.00. The summed E-state index contributed by atoms with van der Waals surface area (Å²) < 4.78 is 4.42. The molecule has 0 aliphatic rings. The van der Waals surface area contributed by atoms with Crippen molar-refractivity contribution in [1.82, 2.24) is 5.32 Å². The first-order valence-electron chi connectivity index (χ1n) is 5.00. The van der Waals surface area contributed by atoms with Gasteiger partial charge in [-0.15, -0.1) is 0 Å². The molecule has 0 aliphatic carbocycles. The van der Waals surface area contributed by atoms with Gasteiger partial charge in [-0.1, -0.05) is 23.2 Å². The highest BCUT2D eigenvalue weighted by molar-refractivity contribution is 6.42. The fraction of sp³-hybridized carbons (Fsp3) is 0.167. The van der Waals surface area contributed by atoms with Gasteiger partial charge >= 0.3 is 5.97 Å². The predicted octanol–water partition coefficient (Wildman–Crippen LogP) is 2.45. The number of ketones is 1. The van der Waals surface area contributed by atoms with Crippen LogP contribution in [0.3, 0.4) is 0 Å². The van der Waals surface area contributed by atoms with Crippen molar-refractivity contribution >= 4 is 35.0 Å². The highest BCUT2D eigenvalue weighted by atomic mass is 35.5. The van der Waals surface area contributed by atoms with Crippen LogP contribution in [0.1, 0.15) is 10.4 Å². The minimum absolute atomic E-state index is 0.00164. The van der Waals surface area contributed by atoms with E-state index in [1.807, 2.05) is 0 Å². The van der Waals surface area contributed by atoms with Crippen molar-refractivity contribution in [3.63, 3.8) is 0 Å². The number of hydrogen-bond acceptors (Lipinski definition) is 4. The van der Waals surface area contributed by atoms with Gasteiger partial charge in [-0.3, -0.25) is 9.59 Å². The number of benzene rings is 1. The van der Waals surface area contributed by atoms with Crippen LogP contribution in [0.2, 0.25) is 10.0 Å². The number of carbonyl (C=O) groups excluding carboxylic acids is 2. The van der Waals surface area contributed by atoms with E-state index in [1.165, 1.54) is 25.5 Å². The zero-order valence-corrected chi connectivity index (χ0v) is 11.1. The van der Waals surface area contributed by atoms with Crippen LogP contribution in [0.25, 0.3) is 0 Å². The van der Waals surface area contributed by atoms with Gasteiger partial charge in [-0.25, -0.2) is 0 Å². The molecular weight excluding hydrogens is 277 g/mol. The summed E-state index contributed by atoms with van der Waals surface area (Å²) in [4.78, 5) is 22.5. The van der Waals surface area contributed by atoms with Gasteiger partial charge in [0.1, 0.15) is 6.54 Å². The van der Waals surface area contributed by atoms with Gasteiger partial charge in [-0.2, -0.15) is 0 Å². The first-order valence-corrected chi connectivity index (χ1v) is 5.76. The van der Waals surface area contributed by atoms with Crippen molar-refractivity contribution in [2.24, 2.45) is 0 Å². The van der Waals surface area contributed by atoms with Gasteiger partial charge in [0.25, 0.3) is 0 Å². The molecule has 1 N–H and O–H groups in total. The highest BCUT2D eigenvalue weighted by Gasteiger charge is 2.05. The second kappa shape index (κ2) is 7.03.